The third-order valence-corrected chi connectivity index (χ3v) is 6.96. The molecule has 164 valence electrons. The molecule has 4 aromatic rings. The molecule has 0 spiro atoms. The van der Waals surface area contributed by atoms with Crippen LogP contribution in [0, 0.1) is 13.8 Å². The number of aliphatic hydroxyl groups is 1. The first kappa shape index (κ1) is 21.4. The highest BCUT2D eigenvalue weighted by Crippen LogP contribution is 2.44. The molecule has 0 radical (unpaired) electrons. The number of rotatable bonds is 3. The summed E-state index contributed by atoms with van der Waals surface area (Å²) in [6, 6.07) is 18.9. The van der Waals surface area contributed by atoms with Crippen molar-refractivity contribution in [1.29, 1.82) is 0 Å². The zero-order valence-corrected chi connectivity index (χ0v) is 19.4. The van der Waals surface area contributed by atoms with Gasteiger partial charge < -0.3 is 5.11 Å². The number of thiazole rings is 1. The van der Waals surface area contributed by atoms with Crippen molar-refractivity contribution >= 4 is 55.7 Å². The normalized spacial score (nSPS) is 17.8. The number of carbonyl (C=O) groups is 2. The fourth-order valence-corrected chi connectivity index (χ4v) is 5.50. The van der Waals surface area contributed by atoms with Crippen LogP contribution in [0.25, 0.3) is 16.0 Å². The lowest BCUT2D eigenvalue weighted by Crippen LogP contribution is -2.29. The molecular formula is C26H19ClN2O3S. The van der Waals surface area contributed by atoms with Crippen LogP contribution in [0.1, 0.15) is 28.3 Å². The monoisotopic (exact) mass is 474 g/mol. The molecule has 1 atom stereocenters. The summed E-state index contributed by atoms with van der Waals surface area (Å²) in [5.74, 6) is -1.69. The summed E-state index contributed by atoms with van der Waals surface area (Å²) in [5, 5.41) is 12.1. The highest BCUT2D eigenvalue weighted by molar-refractivity contribution is 7.22. The largest absolute Gasteiger partial charge is 0.507 e. The van der Waals surface area contributed by atoms with Gasteiger partial charge in [-0.3, -0.25) is 14.5 Å². The van der Waals surface area contributed by atoms with E-state index < -0.39 is 17.7 Å². The van der Waals surface area contributed by atoms with Gasteiger partial charge in [0.05, 0.1) is 21.8 Å². The number of amides is 1. The first-order chi connectivity index (χ1) is 15.8. The van der Waals surface area contributed by atoms with Crippen molar-refractivity contribution in [3.63, 3.8) is 0 Å². The van der Waals surface area contributed by atoms with E-state index in [1.807, 2.05) is 32.0 Å². The van der Waals surface area contributed by atoms with Gasteiger partial charge in [0, 0.05) is 10.6 Å². The number of hydrogen-bond acceptors (Lipinski definition) is 5. The lowest BCUT2D eigenvalue weighted by Gasteiger charge is -2.23. The number of ketones is 1. The fourth-order valence-electron chi connectivity index (χ4n) is 4.20. The van der Waals surface area contributed by atoms with Crippen molar-refractivity contribution in [2.24, 2.45) is 0 Å². The standard InChI is InChI=1S/C26H19ClN2O3S/c1-14-12-15(2)21-19(13-14)33-26(28-21)29-22(16-8-10-18(27)11-9-16)20(24(31)25(29)32)23(30)17-6-4-3-5-7-17/h3-13,22,30H,1-2H3/t22-/m0/s1. The lowest BCUT2D eigenvalue weighted by molar-refractivity contribution is -0.132. The van der Waals surface area contributed by atoms with Crippen molar-refractivity contribution in [2.75, 3.05) is 4.90 Å². The highest BCUT2D eigenvalue weighted by atomic mass is 35.5. The van der Waals surface area contributed by atoms with Gasteiger partial charge in [0.25, 0.3) is 5.78 Å². The number of aromatic nitrogens is 1. The molecule has 3 aromatic carbocycles. The SMILES string of the molecule is Cc1cc(C)c2nc(N3C(=O)C(=O)C(=C(O)c4ccccc4)[C@@H]3c3ccc(Cl)cc3)sc2c1. The zero-order chi connectivity index (χ0) is 23.3. The molecule has 1 aromatic heterocycles. The van der Waals surface area contributed by atoms with Crippen LogP contribution in [-0.4, -0.2) is 21.8 Å². The van der Waals surface area contributed by atoms with Crippen molar-refractivity contribution in [3.05, 3.63) is 99.6 Å². The summed E-state index contributed by atoms with van der Waals surface area (Å²) in [7, 11) is 0. The fraction of sp³-hybridized carbons (Fsp3) is 0.115. The second kappa shape index (κ2) is 8.14. The van der Waals surface area contributed by atoms with Crippen molar-refractivity contribution in [1.82, 2.24) is 4.98 Å². The molecule has 0 aliphatic carbocycles. The van der Waals surface area contributed by atoms with E-state index in [1.165, 1.54) is 16.2 Å². The van der Waals surface area contributed by atoms with E-state index in [0.29, 0.717) is 21.3 Å². The molecule has 0 unspecified atom stereocenters. The molecule has 1 amide bonds. The van der Waals surface area contributed by atoms with Gasteiger partial charge in [0.2, 0.25) is 0 Å². The Morgan fingerprint density at radius 3 is 2.42 bits per heavy atom. The first-order valence-electron chi connectivity index (χ1n) is 10.3. The Kier molecular flexibility index (Phi) is 5.27. The number of hydrogen-bond donors (Lipinski definition) is 1. The van der Waals surface area contributed by atoms with Gasteiger partial charge in [0.15, 0.2) is 5.13 Å². The molecule has 7 heteroatoms. The molecule has 1 N–H and O–H groups in total. The predicted molar refractivity (Wildman–Crippen MR) is 132 cm³/mol. The summed E-state index contributed by atoms with van der Waals surface area (Å²) in [6.45, 7) is 3.98. The second-order valence-electron chi connectivity index (χ2n) is 8.01. The summed E-state index contributed by atoms with van der Waals surface area (Å²) in [4.78, 5) is 32.6. The number of nitrogens with zero attached hydrogens (tertiary/aromatic N) is 2. The van der Waals surface area contributed by atoms with Crippen LogP contribution in [0.5, 0.6) is 0 Å². The Bertz CT molecular complexity index is 1440. The van der Waals surface area contributed by atoms with Crippen LogP contribution in [0.4, 0.5) is 5.13 Å². The maximum atomic E-state index is 13.3. The minimum atomic E-state index is -0.829. The summed E-state index contributed by atoms with van der Waals surface area (Å²) < 4.78 is 0.933. The molecule has 1 aliphatic rings. The maximum absolute atomic E-state index is 13.3. The molecular weight excluding hydrogens is 456 g/mol. The van der Waals surface area contributed by atoms with Gasteiger partial charge in [-0.25, -0.2) is 4.98 Å². The first-order valence-corrected chi connectivity index (χ1v) is 11.5. The highest BCUT2D eigenvalue weighted by Gasteiger charge is 2.48. The number of aryl methyl sites for hydroxylation is 2. The molecule has 33 heavy (non-hydrogen) atoms. The van der Waals surface area contributed by atoms with E-state index >= 15 is 0 Å². The Hall–Kier alpha value is -3.48. The van der Waals surface area contributed by atoms with Crippen molar-refractivity contribution in [2.45, 2.75) is 19.9 Å². The molecule has 5 nitrogen and oxygen atoms in total. The molecule has 2 heterocycles. The van der Waals surface area contributed by atoms with Crippen LogP contribution in [-0.2, 0) is 9.59 Å². The smallest absolute Gasteiger partial charge is 0.301 e. The van der Waals surface area contributed by atoms with Crippen LogP contribution >= 0.6 is 22.9 Å². The number of anilines is 1. The van der Waals surface area contributed by atoms with Gasteiger partial charge in [-0.15, -0.1) is 0 Å². The third kappa shape index (κ3) is 3.61. The minimum absolute atomic E-state index is 0.0284. The van der Waals surface area contributed by atoms with E-state index in [0.717, 1.165) is 21.3 Å². The van der Waals surface area contributed by atoms with Crippen molar-refractivity contribution < 1.29 is 14.7 Å². The number of halogens is 1. The number of aliphatic hydroxyl groups excluding tert-OH is 1. The van der Waals surface area contributed by atoms with E-state index in [4.69, 9.17) is 16.6 Å². The topological polar surface area (TPSA) is 70.5 Å². The minimum Gasteiger partial charge on any atom is -0.507 e. The van der Waals surface area contributed by atoms with Gasteiger partial charge in [-0.1, -0.05) is 71.5 Å². The average Bonchev–Trinajstić information content (AvgIpc) is 3.33. The molecule has 5 rings (SSSR count). The molecule has 0 bridgehead atoms. The van der Waals surface area contributed by atoms with E-state index in [-0.39, 0.29) is 11.3 Å². The van der Waals surface area contributed by atoms with E-state index in [9.17, 15) is 14.7 Å². The number of Topliss-reactive ketones (excluding diaryl/α,β-unsaturated/α-hetero) is 1. The summed E-state index contributed by atoms with van der Waals surface area (Å²) >= 11 is 7.44. The number of carbonyl (C=O) groups excluding carboxylic acids is 2. The second-order valence-corrected chi connectivity index (χ2v) is 9.46. The number of benzene rings is 3. The van der Waals surface area contributed by atoms with Gasteiger partial charge in [0.1, 0.15) is 5.76 Å². The molecule has 1 aliphatic heterocycles. The van der Waals surface area contributed by atoms with Gasteiger partial charge >= 0.3 is 5.91 Å². The Balaban J connectivity index is 1.75. The van der Waals surface area contributed by atoms with Gasteiger partial charge in [-0.05, 0) is 48.7 Å². The third-order valence-electron chi connectivity index (χ3n) is 5.70. The average molecular weight is 475 g/mol. The van der Waals surface area contributed by atoms with Crippen LogP contribution in [0.3, 0.4) is 0 Å². The lowest BCUT2D eigenvalue weighted by atomic mass is 9.95. The summed E-state index contributed by atoms with van der Waals surface area (Å²) in [6.07, 6.45) is 0. The van der Waals surface area contributed by atoms with Crippen LogP contribution in [0.15, 0.2) is 72.3 Å². The van der Waals surface area contributed by atoms with Crippen LogP contribution < -0.4 is 4.90 Å². The van der Waals surface area contributed by atoms with Gasteiger partial charge in [-0.2, -0.15) is 0 Å². The Morgan fingerprint density at radius 1 is 1.03 bits per heavy atom. The number of fused-ring (bicyclic) bond motifs is 1. The molecule has 0 saturated carbocycles. The molecule has 1 fully saturated rings. The predicted octanol–water partition coefficient (Wildman–Crippen LogP) is 6.19. The molecule has 1 saturated heterocycles. The summed E-state index contributed by atoms with van der Waals surface area (Å²) in [5.41, 5.74) is 4.03. The Labute approximate surface area is 199 Å². The zero-order valence-electron chi connectivity index (χ0n) is 17.9. The van der Waals surface area contributed by atoms with Crippen molar-refractivity contribution in [3.8, 4) is 0 Å². The van der Waals surface area contributed by atoms with E-state index in [2.05, 4.69) is 0 Å². The van der Waals surface area contributed by atoms with Crippen LogP contribution in [0.2, 0.25) is 5.02 Å². The maximum Gasteiger partial charge on any atom is 0.301 e. The quantitative estimate of drug-likeness (QED) is 0.218. The van der Waals surface area contributed by atoms with E-state index in [1.54, 1.807) is 48.5 Å². The Morgan fingerprint density at radius 2 is 1.73 bits per heavy atom.